The largest absolute Gasteiger partial charge is 0.472 e. The SMILES string of the molecule is Nc1ccnc2c1ncn2C1OC2COP(=O)(O)O[C@@H]3C(COP(=O)(O)OC1[C@@H]2O)OC(n1cnc2c(=O)[nH]cnc21)[C@@H]3F. The molecule has 7 rings (SSSR count). The Labute approximate surface area is 243 Å². The first-order valence-corrected chi connectivity index (χ1v) is 15.8. The highest BCUT2D eigenvalue weighted by atomic mass is 31.2. The number of H-pyrrole nitrogens is 1. The quantitative estimate of drug-likeness (QED) is 0.172. The molecule has 7 unspecified atom stereocenters. The van der Waals surface area contributed by atoms with Crippen LogP contribution in [0.4, 0.5) is 10.1 Å². The predicted molar refractivity (Wildman–Crippen MR) is 140 cm³/mol. The van der Waals surface area contributed by atoms with Crippen LogP contribution < -0.4 is 11.3 Å². The van der Waals surface area contributed by atoms with Crippen LogP contribution in [-0.2, 0) is 36.7 Å². The second-order valence-electron chi connectivity index (χ2n) is 10.0. The van der Waals surface area contributed by atoms with E-state index in [9.17, 15) is 28.8 Å². The summed E-state index contributed by atoms with van der Waals surface area (Å²) in [4.78, 5) is 51.8. The minimum absolute atomic E-state index is 0.0762. The third-order valence-electron chi connectivity index (χ3n) is 7.30. The molecule has 3 aliphatic rings. The van der Waals surface area contributed by atoms with Gasteiger partial charge in [0, 0.05) is 6.20 Å². The van der Waals surface area contributed by atoms with Gasteiger partial charge in [-0.1, -0.05) is 0 Å². The molecule has 0 spiro atoms. The summed E-state index contributed by atoms with van der Waals surface area (Å²) in [5.74, 6) is 0. The molecule has 4 aromatic heterocycles. The molecule has 23 heteroatoms. The molecule has 0 saturated carbocycles. The van der Waals surface area contributed by atoms with E-state index >= 15 is 4.39 Å². The fraction of sp³-hybridized carbons (Fsp3) is 0.476. The highest BCUT2D eigenvalue weighted by Gasteiger charge is 2.54. The first-order valence-electron chi connectivity index (χ1n) is 12.8. The van der Waals surface area contributed by atoms with Gasteiger partial charge < -0.3 is 35.1 Å². The molecular formula is C21H23FN8O12P2. The number of aromatic amines is 1. The van der Waals surface area contributed by atoms with Crippen molar-refractivity contribution in [1.29, 1.82) is 0 Å². The molecule has 3 fully saturated rings. The standard InChI is InChI=1S/C21H23FN8O12P2/c22-11-15-10(40-20(11)29-7-28-13-18(29)25-5-26-19(13)32)4-38-44(35,36)42-16-14(31)9(3-37-43(33,34)41-15)39-21(16)30-6-27-12-8(23)1-2-24-17(12)30/h1-2,5-7,9-11,14-16,20-21,31H,3-4H2,(H2,23,24)(H,33,34)(H,35,36)(H,25,26,32)/t9?,10?,11-,14-,15-,16?,20?,21?/m1/s1. The minimum atomic E-state index is -5.12. The lowest BCUT2D eigenvalue weighted by atomic mass is 10.1. The van der Waals surface area contributed by atoms with E-state index in [-0.39, 0.29) is 28.0 Å². The summed E-state index contributed by atoms with van der Waals surface area (Å²) in [7, 11) is -10.2. The van der Waals surface area contributed by atoms with Gasteiger partial charge in [0.2, 0.25) is 0 Å². The second kappa shape index (κ2) is 10.7. The monoisotopic (exact) mass is 660 g/mol. The average Bonchev–Trinajstić information content (AvgIpc) is 3.73. The topological polar surface area (TPSA) is 271 Å². The molecular weight excluding hydrogens is 637 g/mol. The number of phosphoric ester groups is 2. The molecule has 10 atom stereocenters. The molecule has 7 heterocycles. The number of nitrogens with zero attached hydrogens (tertiary/aromatic N) is 6. The van der Waals surface area contributed by atoms with Crippen LogP contribution in [0, 0.1) is 0 Å². The van der Waals surface area contributed by atoms with Crippen molar-refractivity contribution >= 4 is 43.7 Å². The summed E-state index contributed by atoms with van der Waals surface area (Å²) in [6, 6.07) is 1.50. The van der Waals surface area contributed by atoms with Crippen molar-refractivity contribution in [1.82, 2.24) is 34.1 Å². The minimum Gasteiger partial charge on any atom is -0.397 e. The van der Waals surface area contributed by atoms with Gasteiger partial charge in [0.25, 0.3) is 5.56 Å². The Hall–Kier alpha value is -3.20. The van der Waals surface area contributed by atoms with Crippen LogP contribution in [-0.4, -0.2) is 98.9 Å². The van der Waals surface area contributed by atoms with Gasteiger partial charge in [0.1, 0.15) is 36.0 Å². The maximum Gasteiger partial charge on any atom is 0.472 e. The molecule has 2 bridgehead atoms. The number of ether oxygens (including phenoxy) is 2. The second-order valence-corrected chi connectivity index (χ2v) is 12.8. The molecule has 3 saturated heterocycles. The number of phosphoric acid groups is 2. The van der Waals surface area contributed by atoms with Crippen LogP contribution in [0.1, 0.15) is 12.5 Å². The van der Waals surface area contributed by atoms with Gasteiger partial charge in [0.15, 0.2) is 35.4 Å². The van der Waals surface area contributed by atoms with Crippen LogP contribution in [0.5, 0.6) is 0 Å². The number of aliphatic hydroxyl groups is 1. The Morgan fingerprint density at radius 2 is 1.52 bits per heavy atom. The number of nitrogens with two attached hydrogens (primary N) is 1. The summed E-state index contributed by atoms with van der Waals surface area (Å²) in [5.41, 5.74) is 5.82. The summed E-state index contributed by atoms with van der Waals surface area (Å²) in [6.45, 7) is -1.71. The Balaban J connectivity index is 1.20. The predicted octanol–water partition coefficient (Wildman–Crippen LogP) is -0.342. The van der Waals surface area contributed by atoms with Crippen molar-refractivity contribution in [2.45, 2.75) is 49.1 Å². The van der Waals surface area contributed by atoms with Crippen molar-refractivity contribution in [2.24, 2.45) is 0 Å². The maximum atomic E-state index is 15.8. The number of imidazole rings is 2. The Bertz CT molecular complexity index is 1890. The van der Waals surface area contributed by atoms with Crippen LogP contribution in [0.25, 0.3) is 22.3 Å². The highest BCUT2D eigenvalue weighted by molar-refractivity contribution is 7.47. The van der Waals surface area contributed by atoms with Crippen LogP contribution >= 0.6 is 15.6 Å². The number of hydrogen-bond donors (Lipinski definition) is 5. The van der Waals surface area contributed by atoms with Crippen molar-refractivity contribution in [3.05, 3.63) is 41.6 Å². The fourth-order valence-corrected chi connectivity index (χ4v) is 7.15. The van der Waals surface area contributed by atoms with Gasteiger partial charge in [-0.2, -0.15) is 0 Å². The molecule has 0 aliphatic carbocycles. The molecule has 20 nitrogen and oxygen atoms in total. The van der Waals surface area contributed by atoms with E-state index in [4.69, 9.17) is 33.3 Å². The molecule has 236 valence electrons. The first kappa shape index (κ1) is 29.5. The van der Waals surface area contributed by atoms with Crippen LogP contribution in [0.3, 0.4) is 0 Å². The smallest absolute Gasteiger partial charge is 0.397 e. The average molecular weight is 660 g/mol. The van der Waals surface area contributed by atoms with E-state index in [1.165, 1.54) is 23.2 Å². The molecule has 44 heavy (non-hydrogen) atoms. The lowest BCUT2D eigenvalue weighted by Crippen LogP contribution is -2.35. The first-order chi connectivity index (χ1) is 20.9. The third-order valence-corrected chi connectivity index (χ3v) is 9.27. The van der Waals surface area contributed by atoms with E-state index < -0.39 is 83.6 Å². The maximum absolute atomic E-state index is 15.8. The summed E-state index contributed by atoms with van der Waals surface area (Å²) < 4.78 is 76.4. The molecule has 4 aromatic rings. The zero-order valence-electron chi connectivity index (χ0n) is 22.0. The van der Waals surface area contributed by atoms with Crippen molar-refractivity contribution in [3.63, 3.8) is 0 Å². The molecule has 6 N–H and O–H groups in total. The lowest BCUT2D eigenvalue weighted by molar-refractivity contribution is -0.0670. The van der Waals surface area contributed by atoms with Gasteiger partial charge in [0.05, 0.1) is 37.9 Å². The summed E-state index contributed by atoms with van der Waals surface area (Å²) in [6.07, 6.45) is -8.75. The molecule has 3 aliphatic heterocycles. The van der Waals surface area contributed by atoms with E-state index in [0.717, 1.165) is 17.2 Å². The highest BCUT2D eigenvalue weighted by Crippen LogP contribution is 2.54. The van der Waals surface area contributed by atoms with Crippen LogP contribution in [0.15, 0.2) is 36.0 Å². The number of aliphatic hydroxyl groups excluding tert-OH is 1. The number of aromatic nitrogens is 7. The van der Waals surface area contributed by atoms with E-state index in [2.05, 4.69) is 24.9 Å². The number of anilines is 1. The number of fused-ring (bicyclic) bond motifs is 5. The summed E-state index contributed by atoms with van der Waals surface area (Å²) in [5, 5.41) is 11.0. The van der Waals surface area contributed by atoms with E-state index in [1.54, 1.807) is 0 Å². The van der Waals surface area contributed by atoms with Gasteiger partial charge in [-0.3, -0.25) is 32.0 Å². The number of hydrogen-bond acceptors (Lipinski definition) is 15. The normalized spacial score (nSPS) is 38.3. The lowest BCUT2D eigenvalue weighted by Gasteiger charge is -2.25. The molecule has 0 radical (unpaired) electrons. The molecule has 0 amide bonds. The third kappa shape index (κ3) is 5.05. The zero-order valence-corrected chi connectivity index (χ0v) is 23.8. The van der Waals surface area contributed by atoms with E-state index in [0.29, 0.717) is 0 Å². The molecule has 0 aromatic carbocycles. The zero-order chi connectivity index (χ0) is 31.0. The van der Waals surface area contributed by atoms with Crippen LogP contribution in [0.2, 0.25) is 0 Å². The van der Waals surface area contributed by atoms with Gasteiger partial charge >= 0.3 is 15.6 Å². The van der Waals surface area contributed by atoms with Crippen molar-refractivity contribution in [3.8, 4) is 0 Å². The number of rotatable bonds is 2. The number of nitrogens with one attached hydrogen (secondary N) is 1. The number of alkyl halides is 1. The Kier molecular flexibility index (Phi) is 7.18. The van der Waals surface area contributed by atoms with Gasteiger partial charge in [-0.05, 0) is 6.07 Å². The van der Waals surface area contributed by atoms with Gasteiger partial charge in [-0.25, -0.2) is 33.5 Å². The Morgan fingerprint density at radius 1 is 0.909 bits per heavy atom. The van der Waals surface area contributed by atoms with Gasteiger partial charge in [-0.15, -0.1) is 0 Å². The van der Waals surface area contributed by atoms with Crippen molar-refractivity contribution < 1.29 is 56.0 Å². The number of nitrogen functional groups attached to an aromatic ring is 1. The summed E-state index contributed by atoms with van der Waals surface area (Å²) >= 11 is 0. The number of halogens is 1. The Morgan fingerprint density at radius 3 is 2.27 bits per heavy atom. The van der Waals surface area contributed by atoms with Crippen molar-refractivity contribution in [2.75, 3.05) is 18.9 Å². The van der Waals surface area contributed by atoms with E-state index in [1.807, 2.05) is 0 Å². The fourth-order valence-electron chi connectivity index (χ4n) is 5.26. The number of pyridine rings is 1.